The maximum absolute atomic E-state index is 5.29. The topological polar surface area (TPSA) is 12.5 Å². The summed E-state index contributed by atoms with van der Waals surface area (Å²) in [5.74, 6) is 0.870. The van der Waals surface area contributed by atoms with E-state index in [1.807, 2.05) is 18.2 Å². The molecule has 2 nitrogen and oxygen atoms in total. The Balaban J connectivity index is 1.97. The molecule has 24 heavy (non-hydrogen) atoms. The third-order valence-corrected chi connectivity index (χ3v) is 4.21. The lowest BCUT2D eigenvalue weighted by atomic mass is 9.87. The van der Waals surface area contributed by atoms with E-state index in [4.69, 9.17) is 4.74 Å². The fraction of sp³-hybridized carbons (Fsp3) is 0.364. The second-order valence-electron chi connectivity index (χ2n) is 7.45. The van der Waals surface area contributed by atoms with Gasteiger partial charge in [-0.15, -0.1) is 0 Å². The van der Waals surface area contributed by atoms with Crippen LogP contribution in [0.15, 0.2) is 55.1 Å². The molecule has 0 spiro atoms. The lowest BCUT2D eigenvalue weighted by Gasteiger charge is -2.21. The number of methoxy groups -OCH3 is 1. The minimum Gasteiger partial charge on any atom is -0.497 e. The van der Waals surface area contributed by atoms with Crippen LogP contribution in [0.3, 0.4) is 0 Å². The summed E-state index contributed by atoms with van der Waals surface area (Å²) in [6.45, 7) is 12.7. The van der Waals surface area contributed by atoms with Gasteiger partial charge in [0.25, 0.3) is 0 Å². The molecular weight excluding hydrogens is 294 g/mol. The van der Waals surface area contributed by atoms with Crippen molar-refractivity contribution in [3.05, 3.63) is 71.8 Å². The smallest absolute Gasteiger partial charge is 0.119 e. The van der Waals surface area contributed by atoms with Gasteiger partial charge in [0.05, 0.1) is 7.11 Å². The molecule has 0 bridgehead atoms. The van der Waals surface area contributed by atoms with Crippen LogP contribution in [0.25, 0.3) is 5.57 Å². The average molecular weight is 323 g/mol. The van der Waals surface area contributed by atoms with E-state index in [2.05, 4.69) is 69.6 Å². The van der Waals surface area contributed by atoms with E-state index in [1.54, 1.807) is 7.11 Å². The predicted octanol–water partition coefficient (Wildman–Crippen LogP) is 5.14. The maximum Gasteiger partial charge on any atom is 0.119 e. The summed E-state index contributed by atoms with van der Waals surface area (Å²) in [4.78, 5) is 2.29. The molecule has 2 aromatic rings. The summed E-state index contributed by atoms with van der Waals surface area (Å²) in [5.41, 5.74) is 5.12. The molecule has 0 aliphatic heterocycles. The van der Waals surface area contributed by atoms with Crippen LogP contribution in [-0.4, -0.2) is 25.6 Å². The Bertz CT molecular complexity index is 680. The molecule has 0 heterocycles. The first-order valence-corrected chi connectivity index (χ1v) is 8.40. The Hall–Kier alpha value is -2.06. The fourth-order valence-corrected chi connectivity index (χ4v) is 2.74. The third-order valence-electron chi connectivity index (χ3n) is 4.21. The molecule has 2 aromatic carbocycles. The average Bonchev–Trinajstić information content (AvgIpc) is 2.54. The number of nitrogens with zero attached hydrogens (tertiary/aromatic N) is 1. The van der Waals surface area contributed by atoms with Gasteiger partial charge in [-0.05, 0) is 46.9 Å². The molecule has 0 atom stereocenters. The minimum atomic E-state index is 0.199. The van der Waals surface area contributed by atoms with Crippen LogP contribution >= 0.6 is 0 Å². The molecule has 0 amide bonds. The number of likely N-dealkylation sites (N-methyl/N-ethyl adjacent to an activating group) is 1. The number of benzene rings is 2. The predicted molar refractivity (Wildman–Crippen MR) is 104 cm³/mol. The molecule has 0 radical (unpaired) electrons. The summed E-state index contributed by atoms with van der Waals surface area (Å²) in [6.07, 6.45) is 0. The van der Waals surface area contributed by atoms with E-state index >= 15 is 0 Å². The van der Waals surface area contributed by atoms with Gasteiger partial charge in [0.15, 0.2) is 0 Å². The molecule has 0 aliphatic rings. The normalized spacial score (nSPS) is 11.6. The first kappa shape index (κ1) is 18.3. The fourth-order valence-electron chi connectivity index (χ4n) is 2.74. The summed E-state index contributed by atoms with van der Waals surface area (Å²) < 4.78 is 5.29. The second kappa shape index (κ2) is 7.67. The van der Waals surface area contributed by atoms with Gasteiger partial charge in [-0.1, -0.05) is 63.7 Å². The largest absolute Gasteiger partial charge is 0.497 e. The van der Waals surface area contributed by atoms with Gasteiger partial charge >= 0.3 is 0 Å². The Morgan fingerprint density at radius 3 is 2.33 bits per heavy atom. The molecule has 0 saturated carbocycles. The lowest BCUT2D eigenvalue weighted by Crippen LogP contribution is -2.20. The molecule has 0 aromatic heterocycles. The molecule has 0 aliphatic carbocycles. The zero-order valence-corrected chi connectivity index (χ0v) is 15.6. The zero-order valence-electron chi connectivity index (χ0n) is 15.6. The highest BCUT2D eigenvalue weighted by molar-refractivity contribution is 5.65. The number of ether oxygens (including phenoxy) is 1. The van der Waals surface area contributed by atoms with Crippen molar-refractivity contribution in [2.45, 2.75) is 32.7 Å². The van der Waals surface area contributed by atoms with E-state index in [9.17, 15) is 0 Å². The zero-order chi connectivity index (χ0) is 17.7. The quantitative estimate of drug-likeness (QED) is 0.730. The standard InChI is InChI=1S/C22H29NO/c1-17(19-8-7-9-21(14-19)24-6)15-23(5)16-18-10-12-20(13-11-18)22(2,3)4/h7-14H,1,15-16H2,2-6H3. The first-order chi connectivity index (χ1) is 11.3. The number of hydrogen-bond donors (Lipinski definition) is 0. The van der Waals surface area contributed by atoms with Crippen molar-refractivity contribution in [1.82, 2.24) is 4.90 Å². The Labute approximate surface area is 146 Å². The summed E-state index contributed by atoms with van der Waals surface area (Å²) in [7, 11) is 3.82. The van der Waals surface area contributed by atoms with Crippen molar-refractivity contribution in [1.29, 1.82) is 0 Å². The van der Waals surface area contributed by atoms with Crippen LogP contribution in [0.1, 0.15) is 37.5 Å². The minimum absolute atomic E-state index is 0.199. The van der Waals surface area contributed by atoms with Crippen LogP contribution in [0, 0.1) is 0 Å². The van der Waals surface area contributed by atoms with E-state index in [1.165, 1.54) is 11.1 Å². The number of rotatable bonds is 6. The van der Waals surface area contributed by atoms with E-state index in [0.717, 1.165) is 30.0 Å². The van der Waals surface area contributed by atoms with Gasteiger partial charge in [0, 0.05) is 13.1 Å². The van der Waals surface area contributed by atoms with Crippen molar-refractivity contribution >= 4 is 5.57 Å². The molecule has 0 saturated heterocycles. The Morgan fingerprint density at radius 2 is 1.75 bits per heavy atom. The van der Waals surface area contributed by atoms with Crippen molar-refractivity contribution < 1.29 is 4.74 Å². The van der Waals surface area contributed by atoms with Crippen LogP contribution in [-0.2, 0) is 12.0 Å². The van der Waals surface area contributed by atoms with Crippen molar-refractivity contribution in [3.63, 3.8) is 0 Å². The van der Waals surface area contributed by atoms with Gasteiger partial charge in [-0.2, -0.15) is 0 Å². The molecule has 0 N–H and O–H groups in total. The lowest BCUT2D eigenvalue weighted by molar-refractivity contribution is 0.368. The Kier molecular flexibility index (Phi) is 5.84. The van der Waals surface area contributed by atoms with Gasteiger partial charge in [-0.3, -0.25) is 4.90 Å². The van der Waals surface area contributed by atoms with Gasteiger partial charge in [0.2, 0.25) is 0 Å². The maximum atomic E-state index is 5.29. The van der Waals surface area contributed by atoms with Crippen molar-refractivity contribution in [2.24, 2.45) is 0 Å². The highest BCUT2D eigenvalue weighted by Crippen LogP contribution is 2.23. The van der Waals surface area contributed by atoms with E-state index in [-0.39, 0.29) is 5.41 Å². The van der Waals surface area contributed by atoms with E-state index < -0.39 is 0 Å². The van der Waals surface area contributed by atoms with Crippen LogP contribution in [0.2, 0.25) is 0 Å². The van der Waals surface area contributed by atoms with Crippen LogP contribution in [0.4, 0.5) is 0 Å². The molecule has 128 valence electrons. The number of hydrogen-bond acceptors (Lipinski definition) is 2. The van der Waals surface area contributed by atoms with Gasteiger partial charge in [0.1, 0.15) is 5.75 Å². The summed E-state index contributed by atoms with van der Waals surface area (Å²) >= 11 is 0. The molecule has 2 rings (SSSR count). The summed E-state index contributed by atoms with van der Waals surface area (Å²) in [6, 6.07) is 17.0. The monoisotopic (exact) mass is 323 g/mol. The van der Waals surface area contributed by atoms with Crippen LogP contribution in [0.5, 0.6) is 5.75 Å². The third kappa shape index (κ3) is 4.97. The first-order valence-electron chi connectivity index (χ1n) is 8.40. The summed E-state index contributed by atoms with van der Waals surface area (Å²) in [5, 5.41) is 0. The van der Waals surface area contributed by atoms with E-state index in [0.29, 0.717) is 0 Å². The molecule has 0 unspecified atom stereocenters. The van der Waals surface area contributed by atoms with Crippen molar-refractivity contribution in [2.75, 3.05) is 20.7 Å². The highest BCUT2D eigenvalue weighted by Gasteiger charge is 2.13. The highest BCUT2D eigenvalue weighted by atomic mass is 16.5. The van der Waals surface area contributed by atoms with Crippen LogP contribution < -0.4 is 4.74 Å². The molecule has 2 heteroatoms. The van der Waals surface area contributed by atoms with Gasteiger partial charge in [-0.25, -0.2) is 0 Å². The SMILES string of the molecule is C=C(CN(C)Cc1ccc(C(C)(C)C)cc1)c1cccc(OC)c1. The molecule has 0 fully saturated rings. The Morgan fingerprint density at radius 1 is 1.08 bits per heavy atom. The van der Waals surface area contributed by atoms with Gasteiger partial charge < -0.3 is 4.74 Å². The second-order valence-corrected chi connectivity index (χ2v) is 7.45. The van der Waals surface area contributed by atoms with Crippen molar-refractivity contribution in [3.8, 4) is 5.75 Å². The molecular formula is C22H29NO.